The minimum Gasteiger partial charge on any atom is -0.481 e. The number of hydrogen-bond acceptors (Lipinski definition) is 3. The van der Waals surface area contributed by atoms with Crippen LogP contribution in [0.1, 0.15) is 43.7 Å². The summed E-state index contributed by atoms with van der Waals surface area (Å²) in [6.45, 7) is 3.52. The van der Waals surface area contributed by atoms with E-state index in [1.165, 1.54) is 4.90 Å². The van der Waals surface area contributed by atoms with Crippen molar-refractivity contribution in [1.29, 1.82) is 0 Å². The number of fused-ring (bicyclic) bond motifs is 1. The Balaban J connectivity index is 2.60. The molecule has 0 aromatic heterocycles. The van der Waals surface area contributed by atoms with E-state index >= 15 is 0 Å². The van der Waals surface area contributed by atoms with Crippen molar-refractivity contribution in [2.24, 2.45) is 0 Å². The van der Waals surface area contributed by atoms with Crippen molar-refractivity contribution in [3.05, 3.63) is 29.3 Å². The van der Waals surface area contributed by atoms with Gasteiger partial charge in [0.15, 0.2) is 0 Å². The first-order valence-electron chi connectivity index (χ1n) is 7.60. The molecule has 1 heterocycles. The molecule has 24 heavy (non-hydrogen) atoms. The number of nitrogens with zero attached hydrogens (tertiary/aromatic N) is 1. The number of carbonyl (C=O) groups is 2. The molecule has 2 atom stereocenters. The van der Waals surface area contributed by atoms with Gasteiger partial charge in [0.05, 0.1) is 23.8 Å². The fraction of sp³-hybridized carbons (Fsp3) is 0.500. The van der Waals surface area contributed by atoms with E-state index in [0.29, 0.717) is 6.42 Å². The summed E-state index contributed by atoms with van der Waals surface area (Å²) in [6, 6.07) is 2.36. The average molecular weight is 345 g/mol. The fourth-order valence-electron chi connectivity index (χ4n) is 2.95. The number of benzene rings is 1. The van der Waals surface area contributed by atoms with Crippen LogP contribution in [0.3, 0.4) is 0 Å². The number of carboxylic acid groups (broad SMARTS) is 1. The van der Waals surface area contributed by atoms with Crippen LogP contribution in [0.2, 0.25) is 0 Å². The third-order valence-corrected chi connectivity index (χ3v) is 4.10. The lowest BCUT2D eigenvalue weighted by Gasteiger charge is -2.38. The maximum absolute atomic E-state index is 13.0. The molecule has 0 fully saturated rings. The minimum absolute atomic E-state index is 0.0184. The molecular formula is C16H18F3NO4. The third kappa shape index (κ3) is 3.32. The van der Waals surface area contributed by atoms with E-state index in [-0.39, 0.29) is 24.3 Å². The smallest absolute Gasteiger partial charge is 0.416 e. The van der Waals surface area contributed by atoms with Crippen molar-refractivity contribution in [3.8, 4) is 0 Å². The van der Waals surface area contributed by atoms with Gasteiger partial charge in [-0.25, -0.2) is 4.79 Å². The van der Waals surface area contributed by atoms with Gasteiger partial charge in [0.25, 0.3) is 0 Å². The number of aliphatic carboxylic acids is 1. The molecule has 1 aromatic carbocycles. The highest BCUT2D eigenvalue weighted by Gasteiger charge is 2.41. The molecule has 1 aromatic rings. The quantitative estimate of drug-likeness (QED) is 0.898. The van der Waals surface area contributed by atoms with Crippen LogP contribution in [0.15, 0.2) is 18.2 Å². The van der Waals surface area contributed by atoms with Gasteiger partial charge in [-0.1, -0.05) is 6.92 Å². The summed E-state index contributed by atoms with van der Waals surface area (Å²) in [6.07, 6.45) is -4.77. The lowest BCUT2D eigenvalue weighted by Crippen LogP contribution is -2.46. The molecule has 1 N–H and O–H groups in total. The Kier molecular flexibility index (Phi) is 5.05. The van der Waals surface area contributed by atoms with Crippen LogP contribution in [-0.4, -0.2) is 29.8 Å². The average Bonchev–Trinajstić information content (AvgIpc) is 2.51. The number of halogens is 3. The Morgan fingerprint density at radius 2 is 2.00 bits per heavy atom. The van der Waals surface area contributed by atoms with Crippen molar-refractivity contribution >= 4 is 17.7 Å². The summed E-state index contributed by atoms with van der Waals surface area (Å²) in [4.78, 5) is 25.0. The van der Waals surface area contributed by atoms with Gasteiger partial charge < -0.3 is 9.84 Å². The molecule has 0 bridgehead atoms. The van der Waals surface area contributed by atoms with E-state index in [1.54, 1.807) is 13.8 Å². The molecule has 5 nitrogen and oxygen atoms in total. The van der Waals surface area contributed by atoms with Crippen molar-refractivity contribution in [1.82, 2.24) is 0 Å². The van der Waals surface area contributed by atoms with E-state index in [2.05, 4.69) is 0 Å². The van der Waals surface area contributed by atoms with Crippen molar-refractivity contribution in [2.45, 2.75) is 44.8 Å². The number of carboxylic acids is 1. The fourth-order valence-corrected chi connectivity index (χ4v) is 2.95. The Morgan fingerprint density at radius 1 is 1.33 bits per heavy atom. The largest absolute Gasteiger partial charge is 0.481 e. The van der Waals surface area contributed by atoms with Crippen molar-refractivity contribution in [2.75, 3.05) is 11.5 Å². The van der Waals surface area contributed by atoms with Crippen LogP contribution in [0.4, 0.5) is 23.7 Å². The second-order valence-corrected chi connectivity index (χ2v) is 5.53. The van der Waals surface area contributed by atoms with Gasteiger partial charge in [0.1, 0.15) is 0 Å². The van der Waals surface area contributed by atoms with Gasteiger partial charge in [0.2, 0.25) is 0 Å². The highest BCUT2D eigenvalue weighted by atomic mass is 19.4. The monoisotopic (exact) mass is 345 g/mol. The zero-order valence-electron chi connectivity index (χ0n) is 13.3. The first-order valence-corrected chi connectivity index (χ1v) is 7.60. The van der Waals surface area contributed by atoms with Gasteiger partial charge in [0, 0.05) is 6.04 Å². The van der Waals surface area contributed by atoms with Crippen LogP contribution in [0.5, 0.6) is 0 Å². The van der Waals surface area contributed by atoms with Gasteiger partial charge in [-0.2, -0.15) is 13.2 Å². The lowest BCUT2D eigenvalue weighted by molar-refractivity contribution is -0.140. The number of hydrogen-bond donors (Lipinski definition) is 1. The number of amides is 1. The zero-order chi connectivity index (χ0) is 18.1. The number of rotatable bonds is 3. The molecule has 1 amide bonds. The molecule has 0 unspecified atom stereocenters. The molecule has 0 saturated carbocycles. The van der Waals surface area contributed by atoms with Gasteiger partial charge in [-0.15, -0.1) is 0 Å². The van der Waals surface area contributed by atoms with E-state index in [1.807, 2.05) is 0 Å². The van der Waals surface area contributed by atoms with Crippen LogP contribution < -0.4 is 4.90 Å². The first kappa shape index (κ1) is 18.1. The summed E-state index contributed by atoms with van der Waals surface area (Å²) >= 11 is 0. The molecule has 8 heteroatoms. The molecule has 132 valence electrons. The molecule has 0 radical (unpaired) electrons. The predicted octanol–water partition coefficient (Wildman–Crippen LogP) is 4.02. The van der Waals surface area contributed by atoms with Crippen LogP contribution >= 0.6 is 0 Å². The highest BCUT2D eigenvalue weighted by molar-refractivity contribution is 5.93. The second-order valence-electron chi connectivity index (χ2n) is 5.53. The second kappa shape index (κ2) is 6.70. The van der Waals surface area contributed by atoms with Crippen molar-refractivity contribution in [3.63, 3.8) is 0 Å². The summed E-state index contributed by atoms with van der Waals surface area (Å²) in [5, 5.41) is 9.40. The Morgan fingerprint density at radius 3 is 2.50 bits per heavy atom. The summed E-state index contributed by atoms with van der Waals surface area (Å²) in [7, 11) is 0. The predicted molar refractivity (Wildman–Crippen MR) is 80.0 cm³/mol. The summed E-state index contributed by atoms with van der Waals surface area (Å²) < 4.78 is 43.8. The maximum atomic E-state index is 13.0. The summed E-state index contributed by atoms with van der Waals surface area (Å²) in [5.74, 6) is -2.31. The molecule has 2 rings (SSSR count). The minimum atomic E-state index is -4.59. The SMILES string of the molecule is CCOC(=O)N1c2ccc(C(F)(F)F)cc2[C@H](C(=O)O)C[C@H]1CC. The third-order valence-electron chi connectivity index (χ3n) is 4.10. The van der Waals surface area contributed by atoms with E-state index in [9.17, 15) is 27.9 Å². The summed E-state index contributed by atoms with van der Waals surface area (Å²) in [5.41, 5.74) is -0.798. The van der Waals surface area contributed by atoms with Crippen LogP contribution in [-0.2, 0) is 15.7 Å². The standard InChI is InChI=1S/C16H18F3NO4/c1-3-10-8-12(14(21)22)11-7-9(16(17,18)19)5-6-13(11)20(10)15(23)24-4-2/h5-7,10,12H,3-4,8H2,1-2H3,(H,21,22)/t10-,12-/m1/s1. The van der Waals surface area contributed by atoms with Gasteiger partial charge in [-0.05, 0) is 43.5 Å². The molecule has 0 aliphatic carbocycles. The normalized spacial score (nSPS) is 20.5. The molecular weight excluding hydrogens is 327 g/mol. The van der Waals surface area contributed by atoms with Crippen molar-refractivity contribution < 1.29 is 32.6 Å². The number of anilines is 1. The van der Waals surface area contributed by atoms with E-state index in [4.69, 9.17) is 4.74 Å². The maximum Gasteiger partial charge on any atom is 0.416 e. The number of carbonyl (C=O) groups excluding carboxylic acids is 1. The van der Waals surface area contributed by atoms with Crippen LogP contribution in [0, 0.1) is 0 Å². The van der Waals surface area contributed by atoms with Gasteiger partial charge in [-0.3, -0.25) is 9.69 Å². The topological polar surface area (TPSA) is 66.8 Å². The molecule has 1 aliphatic rings. The molecule has 1 aliphatic heterocycles. The van der Waals surface area contributed by atoms with E-state index < -0.39 is 35.8 Å². The number of ether oxygens (including phenoxy) is 1. The number of alkyl halides is 3. The highest BCUT2D eigenvalue weighted by Crippen LogP contribution is 2.42. The van der Waals surface area contributed by atoms with Crippen LogP contribution in [0.25, 0.3) is 0 Å². The zero-order valence-corrected chi connectivity index (χ0v) is 13.3. The Labute approximate surface area is 137 Å². The Hall–Kier alpha value is -2.25. The lowest BCUT2D eigenvalue weighted by atomic mass is 9.84. The van der Waals surface area contributed by atoms with E-state index in [0.717, 1.165) is 18.2 Å². The van der Waals surface area contributed by atoms with Gasteiger partial charge >= 0.3 is 18.2 Å². The molecule has 0 saturated heterocycles. The first-order chi connectivity index (χ1) is 11.2. The Bertz CT molecular complexity index is 645. The molecule has 0 spiro atoms.